The second-order valence-electron chi connectivity index (χ2n) is 4.64. The van der Waals surface area contributed by atoms with Crippen LogP contribution in [0.2, 0.25) is 0 Å². The molecular weight excluding hydrogens is 266 g/mol. The first kappa shape index (κ1) is 14.8. The summed E-state index contributed by atoms with van der Waals surface area (Å²) in [6.45, 7) is 2.47. The second kappa shape index (κ2) is 7.28. The first-order valence-corrected chi connectivity index (χ1v) is 6.78. The highest BCUT2D eigenvalue weighted by atomic mass is 16.5. The van der Waals surface area contributed by atoms with Gasteiger partial charge in [0.05, 0.1) is 7.11 Å². The van der Waals surface area contributed by atoms with E-state index in [1.165, 1.54) is 0 Å². The molecule has 0 aliphatic heterocycles. The fourth-order valence-electron chi connectivity index (χ4n) is 1.98. The maximum absolute atomic E-state index is 11.8. The van der Waals surface area contributed by atoms with Crippen molar-refractivity contribution in [2.24, 2.45) is 0 Å². The smallest absolute Gasteiger partial charge is 0.319 e. The molecule has 5 heteroatoms. The van der Waals surface area contributed by atoms with Gasteiger partial charge in [-0.25, -0.2) is 4.79 Å². The van der Waals surface area contributed by atoms with Crippen LogP contribution in [0.3, 0.4) is 0 Å². The van der Waals surface area contributed by atoms with Gasteiger partial charge in [-0.15, -0.1) is 0 Å². The van der Waals surface area contributed by atoms with E-state index in [9.17, 15) is 4.79 Å². The number of nitrogens with zero attached hydrogens (tertiary/aromatic N) is 1. The maximum atomic E-state index is 11.8. The Morgan fingerprint density at radius 3 is 2.81 bits per heavy atom. The zero-order chi connectivity index (χ0) is 15.1. The molecule has 5 nitrogen and oxygen atoms in total. The van der Waals surface area contributed by atoms with Gasteiger partial charge in [-0.05, 0) is 42.8 Å². The normalized spacial score (nSPS) is 10.0. The van der Waals surface area contributed by atoms with E-state index in [0.717, 1.165) is 22.7 Å². The molecule has 0 radical (unpaired) electrons. The second-order valence-corrected chi connectivity index (χ2v) is 4.64. The number of benzene rings is 1. The van der Waals surface area contributed by atoms with Gasteiger partial charge in [0.15, 0.2) is 0 Å². The number of aromatic nitrogens is 1. The van der Waals surface area contributed by atoms with Crippen LogP contribution in [0.25, 0.3) is 0 Å². The van der Waals surface area contributed by atoms with E-state index < -0.39 is 0 Å². The minimum atomic E-state index is -0.226. The lowest BCUT2D eigenvalue weighted by Crippen LogP contribution is -2.30. The Hall–Kier alpha value is -2.56. The van der Waals surface area contributed by atoms with Crippen molar-refractivity contribution in [3.8, 4) is 5.75 Å². The molecule has 21 heavy (non-hydrogen) atoms. The molecule has 0 atom stereocenters. The Kier molecular flexibility index (Phi) is 5.15. The van der Waals surface area contributed by atoms with Crippen molar-refractivity contribution >= 4 is 11.7 Å². The summed E-state index contributed by atoms with van der Waals surface area (Å²) in [6, 6.07) is 11.0. The molecule has 0 bridgehead atoms. The van der Waals surface area contributed by atoms with Crippen molar-refractivity contribution in [2.75, 3.05) is 19.0 Å². The van der Waals surface area contributed by atoms with Crippen LogP contribution in [0.5, 0.6) is 5.75 Å². The molecule has 0 saturated heterocycles. The first-order chi connectivity index (χ1) is 10.2. The minimum Gasteiger partial charge on any atom is -0.496 e. The number of carbonyl (C=O) groups excluding carboxylic acids is 1. The fraction of sp³-hybridized carbons (Fsp3) is 0.250. The fourth-order valence-corrected chi connectivity index (χ4v) is 1.98. The molecule has 0 fully saturated rings. The summed E-state index contributed by atoms with van der Waals surface area (Å²) in [5.41, 5.74) is 2.67. The quantitative estimate of drug-likeness (QED) is 0.888. The molecule has 110 valence electrons. The van der Waals surface area contributed by atoms with E-state index in [-0.39, 0.29) is 6.03 Å². The molecular formula is C16H19N3O2. The lowest BCUT2D eigenvalue weighted by atomic mass is 10.2. The number of amides is 2. The zero-order valence-electron chi connectivity index (χ0n) is 12.2. The number of hydrogen-bond acceptors (Lipinski definition) is 3. The van der Waals surface area contributed by atoms with Gasteiger partial charge in [-0.3, -0.25) is 4.98 Å². The number of rotatable bonds is 5. The van der Waals surface area contributed by atoms with Crippen molar-refractivity contribution in [3.05, 3.63) is 53.9 Å². The largest absolute Gasteiger partial charge is 0.496 e. The summed E-state index contributed by atoms with van der Waals surface area (Å²) in [6.07, 6.45) is 2.45. The van der Waals surface area contributed by atoms with Crippen molar-refractivity contribution in [3.63, 3.8) is 0 Å². The Labute approximate surface area is 124 Å². The van der Waals surface area contributed by atoms with Crippen molar-refractivity contribution in [1.29, 1.82) is 0 Å². The van der Waals surface area contributed by atoms with Crippen LogP contribution < -0.4 is 15.4 Å². The summed E-state index contributed by atoms with van der Waals surface area (Å²) < 4.78 is 5.18. The molecule has 1 aromatic carbocycles. The van der Waals surface area contributed by atoms with Crippen molar-refractivity contribution in [2.45, 2.75) is 13.3 Å². The Morgan fingerprint density at radius 1 is 1.29 bits per heavy atom. The number of carbonyl (C=O) groups is 1. The molecule has 2 N–H and O–H groups in total. The highest BCUT2D eigenvalue weighted by Crippen LogP contribution is 2.21. The number of pyridine rings is 1. The van der Waals surface area contributed by atoms with Crippen LogP contribution in [-0.2, 0) is 6.42 Å². The lowest BCUT2D eigenvalue weighted by Gasteiger charge is -2.10. The topological polar surface area (TPSA) is 63.2 Å². The molecule has 2 aromatic rings. The van der Waals surface area contributed by atoms with Crippen LogP contribution >= 0.6 is 0 Å². The van der Waals surface area contributed by atoms with Crippen LogP contribution in [0.4, 0.5) is 10.5 Å². The lowest BCUT2D eigenvalue weighted by molar-refractivity contribution is 0.252. The Bertz CT molecular complexity index is 600. The molecule has 0 spiro atoms. The summed E-state index contributed by atoms with van der Waals surface area (Å²) in [5.74, 6) is 0.802. The monoisotopic (exact) mass is 285 g/mol. The molecule has 0 aliphatic rings. The van der Waals surface area contributed by atoms with Gasteiger partial charge in [-0.2, -0.15) is 0 Å². The average Bonchev–Trinajstić information content (AvgIpc) is 2.48. The number of ether oxygens (including phenoxy) is 1. The number of nitrogens with one attached hydrogen (secondary N) is 2. The number of anilines is 1. The van der Waals surface area contributed by atoms with Crippen molar-refractivity contribution in [1.82, 2.24) is 10.3 Å². The van der Waals surface area contributed by atoms with Gasteiger partial charge >= 0.3 is 6.03 Å². The molecule has 1 heterocycles. The van der Waals surface area contributed by atoms with Gasteiger partial charge in [0.1, 0.15) is 5.75 Å². The maximum Gasteiger partial charge on any atom is 0.319 e. The minimum absolute atomic E-state index is 0.226. The Balaban J connectivity index is 1.80. The molecule has 2 rings (SSSR count). The zero-order valence-corrected chi connectivity index (χ0v) is 12.2. The van der Waals surface area contributed by atoms with E-state index >= 15 is 0 Å². The van der Waals surface area contributed by atoms with E-state index in [2.05, 4.69) is 15.6 Å². The first-order valence-electron chi connectivity index (χ1n) is 6.78. The van der Waals surface area contributed by atoms with Crippen LogP contribution in [-0.4, -0.2) is 24.7 Å². The van der Waals surface area contributed by atoms with E-state index in [1.54, 1.807) is 13.3 Å². The number of aryl methyl sites for hydroxylation is 1. The van der Waals surface area contributed by atoms with Crippen molar-refractivity contribution < 1.29 is 9.53 Å². The van der Waals surface area contributed by atoms with Crippen LogP contribution in [0, 0.1) is 6.92 Å². The van der Waals surface area contributed by atoms with E-state index in [0.29, 0.717) is 13.0 Å². The number of methoxy groups -OCH3 is 1. The van der Waals surface area contributed by atoms with Gasteiger partial charge in [0, 0.05) is 30.5 Å². The highest BCUT2D eigenvalue weighted by molar-refractivity contribution is 5.89. The van der Waals surface area contributed by atoms with Crippen LogP contribution in [0.1, 0.15) is 11.3 Å². The average molecular weight is 285 g/mol. The SMILES string of the molecule is COc1ccc(NC(=O)NCCc2ccccn2)cc1C. The third-order valence-electron chi connectivity index (χ3n) is 3.05. The standard InChI is InChI=1S/C16H19N3O2/c1-12-11-14(6-7-15(12)21-2)19-16(20)18-10-8-13-5-3-4-9-17-13/h3-7,9,11H,8,10H2,1-2H3,(H2,18,19,20). The van der Waals surface area contributed by atoms with Gasteiger partial charge in [0.25, 0.3) is 0 Å². The number of urea groups is 1. The van der Waals surface area contributed by atoms with Gasteiger partial charge < -0.3 is 15.4 Å². The summed E-state index contributed by atoms with van der Waals surface area (Å²) >= 11 is 0. The third kappa shape index (κ3) is 4.49. The highest BCUT2D eigenvalue weighted by Gasteiger charge is 2.04. The summed E-state index contributed by atoms with van der Waals surface area (Å²) in [5, 5.41) is 5.60. The Morgan fingerprint density at radius 2 is 2.14 bits per heavy atom. The molecule has 2 amide bonds. The summed E-state index contributed by atoms with van der Waals surface area (Å²) in [7, 11) is 1.62. The third-order valence-corrected chi connectivity index (χ3v) is 3.05. The summed E-state index contributed by atoms with van der Waals surface area (Å²) in [4.78, 5) is 16.0. The molecule has 1 aromatic heterocycles. The predicted molar refractivity (Wildman–Crippen MR) is 82.7 cm³/mol. The van der Waals surface area contributed by atoms with E-state index in [4.69, 9.17) is 4.74 Å². The van der Waals surface area contributed by atoms with E-state index in [1.807, 2.05) is 43.3 Å². The van der Waals surface area contributed by atoms with Gasteiger partial charge in [-0.1, -0.05) is 6.07 Å². The molecule has 0 saturated carbocycles. The molecule has 0 aliphatic carbocycles. The molecule has 0 unspecified atom stereocenters. The van der Waals surface area contributed by atoms with Gasteiger partial charge in [0.2, 0.25) is 0 Å². The predicted octanol–water partition coefficient (Wildman–Crippen LogP) is 2.76. The van der Waals surface area contributed by atoms with Crippen LogP contribution in [0.15, 0.2) is 42.6 Å². The number of hydrogen-bond donors (Lipinski definition) is 2.